The summed E-state index contributed by atoms with van der Waals surface area (Å²) in [5, 5.41) is 7.85. The molecule has 0 radical (unpaired) electrons. The molecule has 3 rings (SSSR count). The van der Waals surface area contributed by atoms with Crippen molar-refractivity contribution in [3.05, 3.63) is 42.5 Å². The van der Waals surface area contributed by atoms with E-state index in [-0.39, 0.29) is 5.54 Å². The van der Waals surface area contributed by atoms with Gasteiger partial charge in [-0.05, 0) is 52.2 Å². The maximum absolute atomic E-state index is 4.87. The molecule has 1 aromatic heterocycles. The van der Waals surface area contributed by atoms with E-state index in [0.717, 1.165) is 30.6 Å². The van der Waals surface area contributed by atoms with Gasteiger partial charge < -0.3 is 10.2 Å². The fraction of sp³-hybridized carbons (Fsp3) is 0.526. The number of benzene rings is 1. The van der Waals surface area contributed by atoms with Crippen molar-refractivity contribution in [2.24, 2.45) is 4.99 Å². The van der Waals surface area contributed by atoms with Crippen LogP contribution in [0.4, 0.5) is 5.69 Å². The van der Waals surface area contributed by atoms with Gasteiger partial charge in [-0.15, -0.1) is 0 Å². The predicted octanol–water partition coefficient (Wildman–Crippen LogP) is 3.49. The second-order valence-corrected chi connectivity index (χ2v) is 7.44. The quantitative estimate of drug-likeness (QED) is 0.686. The first-order valence-electron chi connectivity index (χ1n) is 9.05. The van der Waals surface area contributed by atoms with E-state index in [4.69, 9.17) is 4.99 Å². The number of aromatic nitrogens is 3. The highest BCUT2D eigenvalue weighted by Gasteiger charge is 2.19. The molecule has 1 aliphatic rings. The molecule has 134 valence electrons. The Hall–Kier alpha value is -2.37. The van der Waals surface area contributed by atoms with E-state index in [0.29, 0.717) is 6.54 Å². The molecule has 1 aromatic carbocycles. The lowest BCUT2D eigenvalue weighted by Gasteiger charge is -2.30. The number of piperidine rings is 1. The number of para-hydroxylation sites is 1. The van der Waals surface area contributed by atoms with Crippen LogP contribution >= 0.6 is 0 Å². The Labute approximate surface area is 150 Å². The van der Waals surface area contributed by atoms with Gasteiger partial charge in [0.2, 0.25) is 0 Å². The largest absolute Gasteiger partial charge is 0.343 e. The number of anilines is 1. The van der Waals surface area contributed by atoms with Crippen molar-refractivity contribution in [2.45, 2.75) is 52.1 Å². The highest BCUT2D eigenvalue weighted by atomic mass is 15.4. The number of hydrogen-bond donors (Lipinski definition) is 1. The van der Waals surface area contributed by atoms with E-state index in [1.807, 2.05) is 22.9 Å². The zero-order valence-electron chi connectivity index (χ0n) is 15.4. The van der Waals surface area contributed by atoms with Crippen LogP contribution in [0.25, 0.3) is 0 Å². The van der Waals surface area contributed by atoms with Crippen molar-refractivity contribution in [1.82, 2.24) is 19.7 Å². The van der Waals surface area contributed by atoms with Gasteiger partial charge in [0.05, 0.1) is 5.54 Å². The average molecular weight is 340 g/mol. The highest BCUT2D eigenvalue weighted by molar-refractivity contribution is 5.93. The Morgan fingerprint density at radius 2 is 1.84 bits per heavy atom. The number of nitrogens with zero attached hydrogens (tertiary/aromatic N) is 5. The molecule has 1 aliphatic heterocycles. The molecule has 25 heavy (non-hydrogen) atoms. The molecule has 0 saturated carbocycles. The third-order valence-electron chi connectivity index (χ3n) is 4.31. The molecule has 0 spiro atoms. The van der Waals surface area contributed by atoms with Crippen molar-refractivity contribution in [3.8, 4) is 0 Å². The first kappa shape index (κ1) is 17.5. The Kier molecular flexibility index (Phi) is 5.36. The Balaban J connectivity index is 1.81. The van der Waals surface area contributed by atoms with Crippen molar-refractivity contribution < 1.29 is 0 Å². The molecular weight excluding hydrogens is 312 g/mol. The fourth-order valence-corrected chi connectivity index (χ4v) is 3.05. The molecule has 0 atom stereocenters. The van der Waals surface area contributed by atoms with Crippen LogP contribution in [-0.4, -0.2) is 38.7 Å². The van der Waals surface area contributed by atoms with E-state index >= 15 is 0 Å². The lowest BCUT2D eigenvalue weighted by atomic mass is 10.1. The predicted molar refractivity (Wildman–Crippen MR) is 102 cm³/mol. The molecule has 0 unspecified atom stereocenters. The highest BCUT2D eigenvalue weighted by Crippen LogP contribution is 2.16. The van der Waals surface area contributed by atoms with Crippen LogP contribution < -0.4 is 5.32 Å². The average Bonchev–Trinajstić information content (AvgIpc) is 3.09. The monoisotopic (exact) mass is 340 g/mol. The molecule has 1 saturated heterocycles. The van der Waals surface area contributed by atoms with Crippen molar-refractivity contribution >= 4 is 11.6 Å². The summed E-state index contributed by atoms with van der Waals surface area (Å²) in [6.45, 7) is 8.99. The first-order valence-corrected chi connectivity index (χ1v) is 9.05. The van der Waals surface area contributed by atoms with Gasteiger partial charge in [-0.3, -0.25) is 0 Å². The summed E-state index contributed by atoms with van der Waals surface area (Å²) in [6.07, 6.45) is 5.34. The Morgan fingerprint density at radius 3 is 2.52 bits per heavy atom. The first-order chi connectivity index (χ1) is 12.0. The van der Waals surface area contributed by atoms with Gasteiger partial charge in [0.25, 0.3) is 0 Å². The van der Waals surface area contributed by atoms with E-state index in [9.17, 15) is 0 Å². The van der Waals surface area contributed by atoms with E-state index in [2.05, 4.69) is 53.2 Å². The second kappa shape index (κ2) is 7.68. The minimum absolute atomic E-state index is 0.0977. The molecule has 6 heteroatoms. The summed E-state index contributed by atoms with van der Waals surface area (Å²) in [7, 11) is 0. The number of hydrogen-bond acceptors (Lipinski definition) is 3. The summed E-state index contributed by atoms with van der Waals surface area (Å²) >= 11 is 0. The SMILES string of the molecule is CC(C)(C)n1ncnc1CN=C(Nc1ccccc1)N1CCCCC1. The van der Waals surface area contributed by atoms with Crippen molar-refractivity contribution in [1.29, 1.82) is 0 Å². The van der Waals surface area contributed by atoms with Gasteiger partial charge in [-0.25, -0.2) is 14.7 Å². The zero-order valence-corrected chi connectivity index (χ0v) is 15.4. The summed E-state index contributed by atoms with van der Waals surface area (Å²) in [4.78, 5) is 11.6. The Morgan fingerprint density at radius 1 is 1.12 bits per heavy atom. The standard InChI is InChI=1S/C19H28N6/c1-19(2,3)25-17(21-15-22-25)14-20-18(24-12-8-5-9-13-24)23-16-10-6-4-7-11-16/h4,6-7,10-11,15H,5,8-9,12-14H2,1-3H3,(H,20,23). The van der Waals surface area contributed by atoms with E-state index < -0.39 is 0 Å². The maximum atomic E-state index is 4.87. The fourth-order valence-electron chi connectivity index (χ4n) is 3.05. The molecule has 2 heterocycles. The Bertz CT molecular complexity index is 692. The van der Waals surface area contributed by atoms with Crippen LogP contribution in [0.1, 0.15) is 45.9 Å². The number of aliphatic imine (C=N–C) groups is 1. The lowest BCUT2D eigenvalue weighted by molar-refractivity contribution is 0.335. The molecule has 6 nitrogen and oxygen atoms in total. The molecule has 0 aliphatic carbocycles. The lowest BCUT2D eigenvalue weighted by Crippen LogP contribution is -2.40. The van der Waals surface area contributed by atoms with Crippen LogP contribution in [0, 0.1) is 0 Å². The van der Waals surface area contributed by atoms with Crippen LogP contribution in [0.3, 0.4) is 0 Å². The van der Waals surface area contributed by atoms with Crippen molar-refractivity contribution in [2.75, 3.05) is 18.4 Å². The van der Waals surface area contributed by atoms with Gasteiger partial charge in [0.1, 0.15) is 18.7 Å². The van der Waals surface area contributed by atoms with Gasteiger partial charge in [0, 0.05) is 18.8 Å². The van der Waals surface area contributed by atoms with Crippen LogP contribution in [-0.2, 0) is 12.1 Å². The van der Waals surface area contributed by atoms with Crippen molar-refractivity contribution in [3.63, 3.8) is 0 Å². The van der Waals surface area contributed by atoms with Gasteiger partial charge in [0.15, 0.2) is 5.96 Å². The molecule has 0 amide bonds. The van der Waals surface area contributed by atoms with Gasteiger partial charge in [-0.1, -0.05) is 18.2 Å². The van der Waals surface area contributed by atoms with E-state index in [1.54, 1.807) is 6.33 Å². The normalized spacial score (nSPS) is 16.1. The maximum Gasteiger partial charge on any atom is 0.198 e. The summed E-state index contributed by atoms with van der Waals surface area (Å²) in [5.74, 6) is 1.81. The second-order valence-electron chi connectivity index (χ2n) is 7.44. The summed E-state index contributed by atoms with van der Waals surface area (Å²) in [6, 6.07) is 10.2. The number of nitrogens with one attached hydrogen (secondary N) is 1. The number of guanidine groups is 1. The summed E-state index contributed by atoms with van der Waals surface area (Å²) < 4.78 is 1.95. The van der Waals surface area contributed by atoms with Gasteiger partial charge in [-0.2, -0.15) is 5.10 Å². The van der Waals surface area contributed by atoms with Crippen LogP contribution in [0.5, 0.6) is 0 Å². The van der Waals surface area contributed by atoms with E-state index in [1.165, 1.54) is 19.3 Å². The van der Waals surface area contributed by atoms with Crippen LogP contribution in [0.2, 0.25) is 0 Å². The minimum Gasteiger partial charge on any atom is -0.343 e. The molecule has 1 fully saturated rings. The third-order valence-corrected chi connectivity index (χ3v) is 4.31. The zero-order chi connectivity index (χ0) is 17.7. The number of likely N-dealkylation sites (tertiary alicyclic amines) is 1. The number of rotatable bonds is 3. The molecule has 0 bridgehead atoms. The van der Waals surface area contributed by atoms with Gasteiger partial charge >= 0.3 is 0 Å². The minimum atomic E-state index is -0.0977. The molecular formula is C19H28N6. The topological polar surface area (TPSA) is 58.3 Å². The third kappa shape index (κ3) is 4.59. The molecule has 2 aromatic rings. The molecule has 1 N–H and O–H groups in total. The summed E-state index contributed by atoms with van der Waals surface area (Å²) in [5.41, 5.74) is 0.962. The smallest absolute Gasteiger partial charge is 0.198 e. The van der Waals surface area contributed by atoms with Crippen LogP contribution in [0.15, 0.2) is 41.7 Å².